The highest BCUT2D eigenvalue weighted by Crippen LogP contribution is 2.36. The highest BCUT2D eigenvalue weighted by molar-refractivity contribution is 6.41. The van der Waals surface area contributed by atoms with Crippen LogP contribution in [0.3, 0.4) is 0 Å². The summed E-state index contributed by atoms with van der Waals surface area (Å²) < 4.78 is 26.8. The van der Waals surface area contributed by atoms with E-state index in [-0.39, 0.29) is 23.2 Å². The molecule has 1 aromatic heterocycles. The van der Waals surface area contributed by atoms with Crippen LogP contribution in [0.2, 0.25) is 10.0 Å². The van der Waals surface area contributed by atoms with Gasteiger partial charge in [0, 0.05) is 16.7 Å². The van der Waals surface area contributed by atoms with E-state index in [1.807, 2.05) is 30.3 Å². The first-order chi connectivity index (χ1) is 13.0. The van der Waals surface area contributed by atoms with Crippen molar-refractivity contribution in [1.82, 2.24) is 9.78 Å². The first-order valence-electron chi connectivity index (χ1n) is 8.08. The van der Waals surface area contributed by atoms with Gasteiger partial charge in [0.1, 0.15) is 16.6 Å². The summed E-state index contributed by atoms with van der Waals surface area (Å²) in [6, 6.07) is 12.1. The number of rotatable bonds is 3. The summed E-state index contributed by atoms with van der Waals surface area (Å²) in [6.07, 6.45) is 0.648. The molecule has 0 saturated carbocycles. The second-order valence-electron chi connectivity index (χ2n) is 5.99. The Morgan fingerprint density at radius 2 is 2.00 bits per heavy atom. The van der Waals surface area contributed by atoms with Gasteiger partial charge in [0.05, 0.1) is 24.4 Å². The lowest BCUT2D eigenvalue weighted by Crippen LogP contribution is -2.25. The zero-order valence-corrected chi connectivity index (χ0v) is 15.4. The fraction of sp³-hybridized carbons (Fsp3) is 0.158. The molecule has 0 aliphatic carbocycles. The van der Waals surface area contributed by atoms with Crippen molar-refractivity contribution < 1.29 is 13.9 Å². The van der Waals surface area contributed by atoms with Crippen LogP contribution in [-0.2, 0) is 17.9 Å². The SMILES string of the molecule is O=c1c(Cl)c(Cl)cnn1Cc1cc(F)cc2c1OC(c1ccccc1)OC2. The molecule has 0 N–H and O–H groups in total. The maximum absolute atomic E-state index is 14.1. The van der Waals surface area contributed by atoms with Gasteiger partial charge < -0.3 is 9.47 Å². The van der Waals surface area contributed by atoms with E-state index in [4.69, 9.17) is 32.7 Å². The van der Waals surface area contributed by atoms with Crippen molar-refractivity contribution in [1.29, 1.82) is 0 Å². The summed E-state index contributed by atoms with van der Waals surface area (Å²) in [5.74, 6) is 0.0125. The lowest BCUT2D eigenvalue weighted by Gasteiger charge is -2.28. The second-order valence-corrected chi connectivity index (χ2v) is 6.78. The van der Waals surface area contributed by atoms with Crippen LogP contribution in [0.25, 0.3) is 0 Å². The van der Waals surface area contributed by atoms with Gasteiger partial charge >= 0.3 is 0 Å². The highest BCUT2D eigenvalue weighted by atomic mass is 35.5. The molecule has 0 bridgehead atoms. The topological polar surface area (TPSA) is 53.4 Å². The molecular weight excluding hydrogens is 394 g/mol. The zero-order valence-electron chi connectivity index (χ0n) is 13.9. The van der Waals surface area contributed by atoms with Crippen molar-refractivity contribution in [3.8, 4) is 5.75 Å². The predicted octanol–water partition coefficient (Wildman–Crippen LogP) is 4.35. The van der Waals surface area contributed by atoms with Crippen LogP contribution in [0.4, 0.5) is 4.39 Å². The van der Waals surface area contributed by atoms with E-state index in [1.165, 1.54) is 18.3 Å². The van der Waals surface area contributed by atoms with E-state index in [1.54, 1.807) is 0 Å². The van der Waals surface area contributed by atoms with Gasteiger partial charge in [-0.2, -0.15) is 5.10 Å². The van der Waals surface area contributed by atoms with Gasteiger partial charge in [-0.15, -0.1) is 0 Å². The first-order valence-corrected chi connectivity index (χ1v) is 8.84. The molecule has 138 valence electrons. The van der Waals surface area contributed by atoms with Gasteiger partial charge in [-0.3, -0.25) is 4.79 Å². The number of halogens is 3. The Labute approximate surface area is 163 Å². The van der Waals surface area contributed by atoms with Crippen LogP contribution in [0.5, 0.6) is 5.75 Å². The Morgan fingerprint density at radius 3 is 2.78 bits per heavy atom. The predicted molar refractivity (Wildman–Crippen MR) is 98.6 cm³/mol. The molecule has 3 aromatic rings. The van der Waals surface area contributed by atoms with Crippen molar-refractivity contribution in [3.05, 3.63) is 91.6 Å². The van der Waals surface area contributed by atoms with Gasteiger partial charge in [-0.1, -0.05) is 53.5 Å². The Bertz CT molecular complexity index is 1060. The average Bonchev–Trinajstić information content (AvgIpc) is 2.68. The fourth-order valence-electron chi connectivity index (χ4n) is 2.89. The lowest BCUT2D eigenvalue weighted by atomic mass is 10.1. The van der Waals surface area contributed by atoms with Crippen molar-refractivity contribution in [2.75, 3.05) is 0 Å². The van der Waals surface area contributed by atoms with E-state index in [9.17, 15) is 9.18 Å². The van der Waals surface area contributed by atoms with E-state index in [0.29, 0.717) is 16.9 Å². The Balaban J connectivity index is 1.72. The molecule has 1 aliphatic heterocycles. The molecule has 27 heavy (non-hydrogen) atoms. The van der Waals surface area contributed by atoms with Crippen LogP contribution in [0, 0.1) is 5.82 Å². The van der Waals surface area contributed by atoms with Crippen LogP contribution in [-0.4, -0.2) is 9.78 Å². The molecule has 1 unspecified atom stereocenters. The van der Waals surface area contributed by atoms with Crippen LogP contribution < -0.4 is 10.3 Å². The minimum atomic E-state index is -0.624. The maximum Gasteiger partial charge on any atom is 0.287 e. The van der Waals surface area contributed by atoms with Crippen LogP contribution in [0.1, 0.15) is 23.0 Å². The summed E-state index contributed by atoms with van der Waals surface area (Å²) in [7, 11) is 0. The number of aromatic nitrogens is 2. The number of hydrogen-bond donors (Lipinski definition) is 0. The summed E-state index contributed by atoms with van der Waals surface area (Å²) in [5.41, 5.74) is 1.30. The third kappa shape index (κ3) is 3.56. The largest absolute Gasteiger partial charge is 0.460 e. The lowest BCUT2D eigenvalue weighted by molar-refractivity contribution is -0.112. The molecule has 0 radical (unpaired) electrons. The number of fused-ring (bicyclic) bond motifs is 1. The van der Waals surface area contributed by atoms with Gasteiger partial charge in [0.15, 0.2) is 0 Å². The van der Waals surface area contributed by atoms with Gasteiger partial charge in [0.25, 0.3) is 5.56 Å². The Hall–Kier alpha value is -2.41. The molecule has 5 nitrogen and oxygen atoms in total. The van der Waals surface area contributed by atoms with E-state index >= 15 is 0 Å². The molecule has 8 heteroatoms. The van der Waals surface area contributed by atoms with Gasteiger partial charge in [0.2, 0.25) is 6.29 Å². The van der Waals surface area contributed by atoms with Gasteiger partial charge in [-0.05, 0) is 12.1 Å². The van der Waals surface area contributed by atoms with Crippen LogP contribution in [0.15, 0.2) is 53.5 Å². The van der Waals surface area contributed by atoms with E-state index in [2.05, 4.69) is 5.10 Å². The molecule has 2 aromatic carbocycles. The number of benzene rings is 2. The number of hydrogen-bond acceptors (Lipinski definition) is 4. The normalized spacial score (nSPS) is 15.9. The fourth-order valence-corrected chi connectivity index (χ4v) is 3.16. The molecule has 0 fully saturated rings. The summed E-state index contributed by atoms with van der Waals surface area (Å²) in [4.78, 5) is 12.3. The summed E-state index contributed by atoms with van der Waals surface area (Å²) >= 11 is 11.7. The third-order valence-electron chi connectivity index (χ3n) is 4.16. The van der Waals surface area contributed by atoms with Crippen molar-refractivity contribution in [2.24, 2.45) is 0 Å². The standard InChI is InChI=1S/C19H13Cl2FN2O3/c20-15-8-23-24(18(25)16(15)21)9-12-6-14(22)7-13-10-26-19(27-17(12)13)11-4-2-1-3-5-11/h1-8,19H,9-10H2. The molecule has 1 aliphatic rings. The van der Waals surface area contributed by atoms with E-state index < -0.39 is 17.7 Å². The number of ether oxygens (including phenoxy) is 2. The van der Waals surface area contributed by atoms with E-state index in [0.717, 1.165) is 10.2 Å². The van der Waals surface area contributed by atoms with Crippen LogP contribution >= 0.6 is 23.2 Å². The maximum atomic E-state index is 14.1. The average molecular weight is 407 g/mol. The first kappa shape index (κ1) is 18.0. The van der Waals surface area contributed by atoms with Gasteiger partial charge in [-0.25, -0.2) is 9.07 Å². The molecular formula is C19H13Cl2FN2O3. The Kier molecular flexibility index (Phi) is 4.86. The van der Waals surface area contributed by atoms with Crippen molar-refractivity contribution in [2.45, 2.75) is 19.4 Å². The van der Waals surface area contributed by atoms with Crippen molar-refractivity contribution in [3.63, 3.8) is 0 Å². The minimum Gasteiger partial charge on any atom is -0.460 e. The monoisotopic (exact) mass is 406 g/mol. The molecule has 4 rings (SSSR count). The smallest absolute Gasteiger partial charge is 0.287 e. The molecule has 0 amide bonds. The second kappa shape index (κ2) is 7.31. The molecule has 2 heterocycles. The molecule has 0 saturated heterocycles. The number of nitrogens with zero attached hydrogens (tertiary/aromatic N) is 2. The zero-order chi connectivity index (χ0) is 19.0. The summed E-state index contributed by atoms with van der Waals surface area (Å²) in [6.45, 7) is 0.167. The third-order valence-corrected chi connectivity index (χ3v) is 4.91. The quantitative estimate of drug-likeness (QED) is 0.648. The summed E-state index contributed by atoms with van der Waals surface area (Å²) in [5, 5.41) is 3.90. The minimum absolute atomic E-state index is 0.0165. The molecule has 1 atom stereocenters. The molecule has 0 spiro atoms. The van der Waals surface area contributed by atoms with Crippen molar-refractivity contribution >= 4 is 23.2 Å². The Morgan fingerprint density at radius 1 is 1.22 bits per heavy atom. The highest BCUT2D eigenvalue weighted by Gasteiger charge is 2.25.